The molecule has 0 N–H and O–H groups in total. The number of carbonyl (C=O) groups excluding carboxylic acids is 1. The van der Waals surface area contributed by atoms with Crippen molar-refractivity contribution in [2.75, 3.05) is 0 Å². The third-order valence-corrected chi connectivity index (χ3v) is 2.68. The zero-order valence-corrected chi connectivity index (χ0v) is 9.28. The monoisotopic (exact) mass is 238 g/mol. The zero-order chi connectivity index (χ0) is 12.5. The molecule has 3 rings (SSSR count). The Hall–Kier alpha value is -2.69. The van der Waals surface area contributed by atoms with Gasteiger partial charge in [0.05, 0.1) is 17.0 Å². The second-order valence-electron chi connectivity index (χ2n) is 3.80. The summed E-state index contributed by atoms with van der Waals surface area (Å²) in [5, 5.41) is 10.6. The summed E-state index contributed by atoms with van der Waals surface area (Å²) < 4.78 is 1.80. The topological polar surface area (TPSA) is 70.8 Å². The van der Waals surface area contributed by atoms with Gasteiger partial charge >= 0.3 is 0 Å². The highest BCUT2D eigenvalue weighted by atomic mass is 16.4. The van der Waals surface area contributed by atoms with Crippen LogP contribution in [-0.2, 0) is 0 Å². The van der Waals surface area contributed by atoms with Crippen molar-refractivity contribution in [2.45, 2.75) is 0 Å². The smallest absolute Gasteiger partial charge is 0.138 e. The van der Waals surface area contributed by atoms with Crippen molar-refractivity contribution in [3.05, 3.63) is 54.5 Å². The molecule has 0 unspecified atom stereocenters. The Morgan fingerprint density at radius 1 is 1.11 bits per heavy atom. The first-order valence-electron chi connectivity index (χ1n) is 5.35. The Labute approximate surface area is 102 Å². The number of aromatic nitrogens is 3. The van der Waals surface area contributed by atoms with Crippen molar-refractivity contribution in [3.63, 3.8) is 0 Å². The van der Waals surface area contributed by atoms with E-state index in [1.54, 1.807) is 17.0 Å². The molecule has 0 saturated heterocycles. The van der Waals surface area contributed by atoms with Gasteiger partial charge in [0.15, 0.2) is 0 Å². The Kier molecular flexibility index (Phi) is 2.30. The predicted octanol–water partition coefficient (Wildman–Crippen LogP) is 0.784. The third kappa shape index (κ3) is 1.62. The van der Waals surface area contributed by atoms with Gasteiger partial charge in [0, 0.05) is 11.8 Å². The van der Waals surface area contributed by atoms with E-state index in [0.29, 0.717) is 5.82 Å². The second-order valence-corrected chi connectivity index (χ2v) is 3.80. The Bertz CT molecular complexity index is 716. The molecule has 5 heteroatoms. The van der Waals surface area contributed by atoms with E-state index in [1.807, 2.05) is 24.3 Å². The first-order chi connectivity index (χ1) is 8.75. The first-order valence-corrected chi connectivity index (χ1v) is 5.35. The first kappa shape index (κ1) is 10.5. The average Bonchev–Trinajstić information content (AvgIpc) is 2.82. The molecule has 0 aliphatic carbocycles. The molecule has 0 aliphatic rings. The molecule has 0 spiro atoms. The van der Waals surface area contributed by atoms with Crippen LogP contribution in [-0.4, -0.2) is 20.5 Å². The summed E-state index contributed by atoms with van der Waals surface area (Å²) >= 11 is 0. The van der Waals surface area contributed by atoms with E-state index in [9.17, 15) is 9.90 Å². The number of hydrogen-bond acceptors (Lipinski definition) is 4. The van der Waals surface area contributed by atoms with Gasteiger partial charge in [-0.05, 0) is 24.3 Å². The normalized spacial score (nSPS) is 10.7. The van der Waals surface area contributed by atoms with Gasteiger partial charge in [0.1, 0.15) is 12.1 Å². The molecule has 1 aromatic carbocycles. The number of carbonyl (C=O) groups is 1. The quantitative estimate of drug-likeness (QED) is 0.661. The fraction of sp³-hybridized carbons (Fsp3) is 0. The van der Waals surface area contributed by atoms with Crippen LogP contribution in [0.2, 0.25) is 0 Å². The van der Waals surface area contributed by atoms with Crippen molar-refractivity contribution < 1.29 is 9.90 Å². The largest absolute Gasteiger partial charge is 0.545 e. The van der Waals surface area contributed by atoms with Crippen LogP contribution < -0.4 is 5.11 Å². The molecule has 0 fully saturated rings. The fourth-order valence-electron chi connectivity index (χ4n) is 1.79. The van der Waals surface area contributed by atoms with Gasteiger partial charge < -0.3 is 9.90 Å². The van der Waals surface area contributed by atoms with Gasteiger partial charge in [-0.3, -0.25) is 4.57 Å². The fourth-order valence-corrected chi connectivity index (χ4v) is 1.79. The minimum absolute atomic E-state index is 0.0585. The maximum atomic E-state index is 10.6. The molecule has 2 aromatic heterocycles. The van der Waals surface area contributed by atoms with Crippen LogP contribution in [0.4, 0.5) is 0 Å². The van der Waals surface area contributed by atoms with Gasteiger partial charge in [-0.2, -0.15) is 0 Å². The number of rotatable bonds is 2. The minimum atomic E-state index is -1.23. The lowest BCUT2D eigenvalue weighted by Crippen LogP contribution is -2.22. The number of imidazole rings is 1. The van der Waals surface area contributed by atoms with Crippen LogP contribution in [0.25, 0.3) is 16.9 Å². The van der Waals surface area contributed by atoms with E-state index in [4.69, 9.17) is 0 Å². The number of carboxylic acid groups (broad SMARTS) is 1. The number of benzene rings is 1. The maximum absolute atomic E-state index is 10.6. The summed E-state index contributed by atoms with van der Waals surface area (Å²) in [4.78, 5) is 19.0. The number of hydrogen-bond donors (Lipinski definition) is 0. The van der Waals surface area contributed by atoms with E-state index in [0.717, 1.165) is 11.0 Å². The minimum Gasteiger partial charge on any atom is -0.545 e. The zero-order valence-electron chi connectivity index (χ0n) is 9.28. The van der Waals surface area contributed by atoms with E-state index in [2.05, 4.69) is 9.97 Å². The van der Waals surface area contributed by atoms with Gasteiger partial charge in [-0.25, -0.2) is 9.97 Å². The van der Waals surface area contributed by atoms with E-state index >= 15 is 0 Å². The third-order valence-electron chi connectivity index (χ3n) is 2.68. The van der Waals surface area contributed by atoms with Crippen molar-refractivity contribution >= 4 is 17.0 Å². The van der Waals surface area contributed by atoms with E-state index in [-0.39, 0.29) is 5.56 Å². The SMILES string of the molecule is O=C([O-])c1ccc(-n2cnc3ccccc32)nc1. The lowest BCUT2D eigenvalue weighted by molar-refractivity contribution is -0.255. The van der Waals surface area contributed by atoms with Gasteiger partial charge in [0.25, 0.3) is 0 Å². The second kappa shape index (κ2) is 3.96. The van der Waals surface area contributed by atoms with Crippen molar-refractivity contribution in [1.82, 2.24) is 14.5 Å². The number of nitrogens with zero attached hydrogens (tertiary/aromatic N) is 3. The number of pyridine rings is 1. The molecular formula is C13H8N3O2-. The average molecular weight is 238 g/mol. The van der Waals surface area contributed by atoms with Crippen LogP contribution in [0.15, 0.2) is 48.9 Å². The van der Waals surface area contributed by atoms with Gasteiger partial charge in [-0.1, -0.05) is 12.1 Å². The summed E-state index contributed by atoms with van der Waals surface area (Å²) in [6.07, 6.45) is 2.94. The number of para-hydroxylation sites is 2. The summed E-state index contributed by atoms with van der Waals surface area (Å²) in [7, 11) is 0. The van der Waals surface area contributed by atoms with Crippen LogP contribution in [0.3, 0.4) is 0 Å². The van der Waals surface area contributed by atoms with E-state index in [1.165, 1.54) is 12.3 Å². The molecule has 0 radical (unpaired) electrons. The maximum Gasteiger partial charge on any atom is 0.138 e. The van der Waals surface area contributed by atoms with Crippen molar-refractivity contribution in [1.29, 1.82) is 0 Å². The highest BCUT2D eigenvalue weighted by Gasteiger charge is 2.04. The molecule has 18 heavy (non-hydrogen) atoms. The van der Waals surface area contributed by atoms with Gasteiger partial charge in [0.2, 0.25) is 0 Å². The summed E-state index contributed by atoms with van der Waals surface area (Å²) in [6, 6.07) is 10.7. The Morgan fingerprint density at radius 2 is 1.94 bits per heavy atom. The summed E-state index contributed by atoms with van der Waals surface area (Å²) in [5.41, 5.74) is 1.85. The standard InChI is InChI=1S/C13H9N3O2/c17-13(18)9-5-6-12(14-7-9)16-8-15-10-3-1-2-4-11(10)16/h1-8H,(H,17,18)/p-1. The number of carboxylic acids is 1. The van der Waals surface area contributed by atoms with Crippen LogP contribution in [0, 0.1) is 0 Å². The molecule has 0 saturated carbocycles. The van der Waals surface area contributed by atoms with E-state index < -0.39 is 5.97 Å². The molecule has 88 valence electrons. The highest BCUT2D eigenvalue weighted by Crippen LogP contribution is 2.16. The summed E-state index contributed by atoms with van der Waals surface area (Å²) in [5.74, 6) is -0.613. The molecule has 0 bridgehead atoms. The van der Waals surface area contributed by atoms with Crippen LogP contribution in [0.5, 0.6) is 0 Å². The predicted molar refractivity (Wildman–Crippen MR) is 63.2 cm³/mol. The van der Waals surface area contributed by atoms with Crippen LogP contribution >= 0.6 is 0 Å². The summed E-state index contributed by atoms with van der Waals surface area (Å²) in [6.45, 7) is 0. The Balaban J connectivity index is 2.12. The lowest BCUT2D eigenvalue weighted by Gasteiger charge is -2.05. The molecule has 0 aliphatic heterocycles. The number of fused-ring (bicyclic) bond motifs is 1. The lowest BCUT2D eigenvalue weighted by atomic mass is 10.3. The number of aromatic carboxylic acids is 1. The molecule has 2 heterocycles. The molecule has 5 nitrogen and oxygen atoms in total. The molecular weight excluding hydrogens is 230 g/mol. The molecule has 0 amide bonds. The highest BCUT2D eigenvalue weighted by molar-refractivity contribution is 5.85. The van der Waals surface area contributed by atoms with Gasteiger partial charge in [-0.15, -0.1) is 0 Å². The van der Waals surface area contributed by atoms with Crippen LogP contribution in [0.1, 0.15) is 10.4 Å². The Morgan fingerprint density at radius 3 is 2.67 bits per heavy atom. The molecule has 0 atom stereocenters. The molecule has 3 aromatic rings. The van der Waals surface area contributed by atoms with Crippen molar-refractivity contribution in [3.8, 4) is 5.82 Å². The van der Waals surface area contributed by atoms with Crippen molar-refractivity contribution in [2.24, 2.45) is 0 Å².